The minimum absolute atomic E-state index is 0.0676. The molecule has 0 unspecified atom stereocenters. The van der Waals surface area contributed by atoms with Crippen molar-refractivity contribution in [2.24, 2.45) is 5.41 Å². The van der Waals surface area contributed by atoms with Gasteiger partial charge < -0.3 is 5.32 Å². The lowest BCUT2D eigenvalue weighted by molar-refractivity contribution is -0.137. The van der Waals surface area contributed by atoms with Crippen LogP contribution in [0.1, 0.15) is 26.3 Å². The fourth-order valence-electron chi connectivity index (χ4n) is 1.23. The molecule has 0 heterocycles. The molecule has 0 amide bonds. The van der Waals surface area contributed by atoms with Crippen molar-refractivity contribution in [1.29, 1.82) is 0 Å². The number of rotatable bonds is 2. The summed E-state index contributed by atoms with van der Waals surface area (Å²) in [5, 5.41) is 2.95. The van der Waals surface area contributed by atoms with E-state index in [1.165, 1.54) is 12.1 Å². The molecule has 1 aromatic carbocycles. The van der Waals surface area contributed by atoms with E-state index in [9.17, 15) is 13.2 Å². The molecule has 0 radical (unpaired) electrons. The van der Waals surface area contributed by atoms with E-state index in [0.29, 0.717) is 12.2 Å². The standard InChI is InChI=1S/C14H16F3N/c1-13(2,3)9-4-10-18-12-7-5-11(6-8-12)14(15,16)17/h5-8,18H,10H2,1-3H3. The zero-order chi connectivity index (χ0) is 13.8. The molecule has 0 atom stereocenters. The highest BCUT2D eigenvalue weighted by molar-refractivity contribution is 5.46. The van der Waals surface area contributed by atoms with Gasteiger partial charge in [0.1, 0.15) is 0 Å². The van der Waals surface area contributed by atoms with Crippen LogP contribution >= 0.6 is 0 Å². The summed E-state index contributed by atoms with van der Waals surface area (Å²) in [6.45, 7) is 6.41. The monoisotopic (exact) mass is 255 g/mol. The Hall–Kier alpha value is -1.63. The van der Waals surface area contributed by atoms with Gasteiger partial charge in [-0.05, 0) is 45.0 Å². The summed E-state index contributed by atoms with van der Waals surface area (Å²) in [4.78, 5) is 0. The third-order valence-corrected chi connectivity index (χ3v) is 2.06. The van der Waals surface area contributed by atoms with Gasteiger partial charge in [-0.2, -0.15) is 13.2 Å². The van der Waals surface area contributed by atoms with E-state index in [1.807, 2.05) is 20.8 Å². The lowest BCUT2D eigenvalue weighted by Gasteiger charge is -2.09. The fraction of sp³-hybridized carbons (Fsp3) is 0.429. The number of nitrogens with one attached hydrogen (secondary N) is 1. The third kappa shape index (κ3) is 5.13. The van der Waals surface area contributed by atoms with E-state index >= 15 is 0 Å². The average molecular weight is 255 g/mol. The molecule has 4 heteroatoms. The van der Waals surface area contributed by atoms with Crippen LogP contribution in [0.25, 0.3) is 0 Å². The minimum Gasteiger partial charge on any atom is -0.374 e. The molecular weight excluding hydrogens is 239 g/mol. The first-order chi connectivity index (χ1) is 8.18. The van der Waals surface area contributed by atoms with Crippen LogP contribution in [0.4, 0.5) is 18.9 Å². The van der Waals surface area contributed by atoms with Crippen LogP contribution in [0, 0.1) is 17.3 Å². The first-order valence-corrected chi connectivity index (χ1v) is 5.60. The van der Waals surface area contributed by atoms with Crippen molar-refractivity contribution in [2.45, 2.75) is 26.9 Å². The first kappa shape index (κ1) is 14.4. The largest absolute Gasteiger partial charge is 0.416 e. The van der Waals surface area contributed by atoms with E-state index < -0.39 is 11.7 Å². The summed E-state index contributed by atoms with van der Waals surface area (Å²) in [5.74, 6) is 5.97. The zero-order valence-electron chi connectivity index (χ0n) is 10.7. The molecule has 18 heavy (non-hydrogen) atoms. The lowest BCUT2D eigenvalue weighted by Crippen LogP contribution is -2.06. The maximum atomic E-state index is 12.3. The number of halogens is 3. The van der Waals surface area contributed by atoms with Crippen molar-refractivity contribution in [3.8, 4) is 11.8 Å². The molecule has 0 spiro atoms. The number of hydrogen-bond acceptors (Lipinski definition) is 1. The molecule has 0 aliphatic rings. The van der Waals surface area contributed by atoms with Crippen molar-refractivity contribution in [1.82, 2.24) is 0 Å². The molecule has 1 rings (SSSR count). The molecule has 1 N–H and O–H groups in total. The van der Waals surface area contributed by atoms with E-state index in [-0.39, 0.29) is 5.41 Å². The molecule has 0 fully saturated rings. The summed E-state index contributed by atoms with van der Waals surface area (Å²) in [7, 11) is 0. The molecule has 1 aromatic rings. The van der Waals surface area contributed by atoms with Crippen LogP contribution in [0.2, 0.25) is 0 Å². The third-order valence-electron chi connectivity index (χ3n) is 2.06. The highest BCUT2D eigenvalue weighted by atomic mass is 19.4. The van der Waals surface area contributed by atoms with Crippen molar-refractivity contribution in [3.63, 3.8) is 0 Å². The zero-order valence-corrected chi connectivity index (χ0v) is 10.7. The summed E-state index contributed by atoms with van der Waals surface area (Å²) < 4.78 is 36.9. The normalized spacial score (nSPS) is 11.7. The van der Waals surface area contributed by atoms with Crippen molar-refractivity contribution < 1.29 is 13.2 Å². The van der Waals surface area contributed by atoms with Crippen LogP contribution in [-0.4, -0.2) is 6.54 Å². The van der Waals surface area contributed by atoms with Gasteiger partial charge in [-0.15, -0.1) is 0 Å². The Bertz CT molecular complexity index is 441. The van der Waals surface area contributed by atoms with Crippen LogP contribution < -0.4 is 5.32 Å². The molecule has 1 nitrogen and oxygen atoms in total. The van der Waals surface area contributed by atoms with Gasteiger partial charge in [0.05, 0.1) is 12.1 Å². The molecule has 0 aromatic heterocycles. The van der Waals surface area contributed by atoms with Crippen LogP contribution in [0.15, 0.2) is 24.3 Å². The summed E-state index contributed by atoms with van der Waals surface area (Å²) in [6, 6.07) is 4.92. The van der Waals surface area contributed by atoms with E-state index in [4.69, 9.17) is 0 Å². The first-order valence-electron chi connectivity index (χ1n) is 5.60. The SMILES string of the molecule is CC(C)(C)C#CCNc1ccc(C(F)(F)F)cc1. The Morgan fingerprint density at radius 1 is 1.06 bits per heavy atom. The second-order valence-electron chi connectivity index (χ2n) is 4.98. The minimum atomic E-state index is -4.29. The van der Waals surface area contributed by atoms with Gasteiger partial charge >= 0.3 is 6.18 Å². The maximum absolute atomic E-state index is 12.3. The number of alkyl halides is 3. The highest BCUT2D eigenvalue weighted by Crippen LogP contribution is 2.29. The van der Waals surface area contributed by atoms with E-state index in [0.717, 1.165) is 12.1 Å². The van der Waals surface area contributed by atoms with Gasteiger partial charge in [0.25, 0.3) is 0 Å². The van der Waals surface area contributed by atoms with E-state index in [2.05, 4.69) is 17.2 Å². The van der Waals surface area contributed by atoms with Crippen LogP contribution in [0.3, 0.4) is 0 Å². The molecule has 0 aliphatic heterocycles. The van der Waals surface area contributed by atoms with Crippen LogP contribution in [0.5, 0.6) is 0 Å². The molecule has 0 saturated carbocycles. The lowest BCUT2D eigenvalue weighted by atomic mass is 9.98. The van der Waals surface area contributed by atoms with Gasteiger partial charge in [0.15, 0.2) is 0 Å². The number of anilines is 1. The summed E-state index contributed by atoms with van der Waals surface area (Å²) >= 11 is 0. The predicted molar refractivity (Wildman–Crippen MR) is 67.2 cm³/mol. The van der Waals surface area contributed by atoms with Crippen molar-refractivity contribution in [3.05, 3.63) is 29.8 Å². The smallest absolute Gasteiger partial charge is 0.374 e. The quantitative estimate of drug-likeness (QED) is 0.782. The molecule has 0 bridgehead atoms. The average Bonchev–Trinajstić information content (AvgIpc) is 2.22. The van der Waals surface area contributed by atoms with Gasteiger partial charge in [0, 0.05) is 11.1 Å². The second-order valence-corrected chi connectivity index (χ2v) is 4.98. The topological polar surface area (TPSA) is 12.0 Å². The van der Waals surface area contributed by atoms with Crippen molar-refractivity contribution >= 4 is 5.69 Å². The molecule has 0 aliphatic carbocycles. The van der Waals surface area contributed by atoms with E-state index in [1.54, 1.807) is 0 Å². The molecular formula is C14H16F3N. The predicted octanol–water partition coefficient (Wildman–Crippen LogP) is 4.17. The fourth-order valence-corrected chi connectivity index (χ4v) is 1.23. The Morgan fingerprint density at radius 2 is 1.61 bits per heavy atom. The Kier molecular flexibility index (Phi) is 4.28. The molecule has 0 saturated heterocycles. The maximum Gasteiger partial charge on any atom is 0.416 e. The Labute approximate surface area is 105 Å². The Morgan fingerprint density at radius 3 is 2.06 bits per heavy atom. The van der Waals surface area contributed by atoms with Gasteiger partial charge in [0.2, 0.25) is 0 Å². The highest BCUT2D eigenvalue weighted by Gasteiger charge is 2.29. The number of hydrogen-bond donors (Lipinski definition) is 1. The number of benzene rings is 1. The Balaban J connectivity index is 2.57. The summed E-state index contributed by atoms with van der Waals surface area (Å²) in [6.07, 6.45) is -4.29. The second kappa shape index (κ2) is 5.34. The molecule has 98 valence electrons. The van der Waals surface area contributed by atoms with Crippen LogP contribution in [-0.2, 0) is 6.18 Å². The van der Waals surface area contributed by atoms with Gasteiger partial charge in [-0.1, -0.05) is 11.8 Å². The van der Waals surface area contributed by atoms with Crippen molar-refractivity contribution in [2.75, 3.05) is 11.9 Å². The summed E-state index contributed by atoms with van der Waals surface area (Å²) in [5.41, 5.74) is -0.0815. The van der Waals surface area contributed by atoms with Gasteiger partial charge in [-0.25, -0.2) is 0 Å². The van der Waals surface area contributed by atoms with Gasteiger partial charge in [-0.3, -0.25) is 0 Å².